The Labute approximate surface area is 164 Å². The number of carbonyl (C=O) groups excluding carboxylic acids is 1. The average Bonchev–Trinajstić information content (AvgIpc) is 3.08. The summed E-state index contributed by atoms with van der Waals surface area (Å²) in [4.78, 5) is 12.3. The van der Waals surface area contributed by atoms with Crippen LogP contribution < -0.4 is 10.0 Å². The van der Waals surface area contributed by atoms with Crippen LogP contribution in [0.4, 0.5) is 5.69 Å². The molecule has 0 saturated heterocycles. The van der Waals surface area contributed by atoms with Crippen LogP contribution in [0.25, 0.3) is 0 Å². The Morgan fingerprint density at radius 1 is 1.00 bits per heavy atom. The topological polar surface area (TPSA) is 75.3 Å². The fourth-order valence-electron chi connectivity index (χ4n) is 2.25. The van der Waals surface area contributed by atoms with Crippen LogP contribution in [0.2, 0.25) is 0 Å². The van der Waals surface area contributed by atoms with E-state index in [4.69, 9.17) is 0 Å². The van der Waals surface area contributed by atoms with Gasteiger partial charge in [0.15, 0.2) is 0 Å². The largest absolute Gasteiger partial charge is 0.348 e. The Balaban J connectivity index is 1.70. The van der Waals surface area contributed by atoms with Crippen molar-refractivity contribution >= 4 is 48.9 Å². The molecule has 1 aromatic heterocycles. The molecule has 0 atom stereocenters. The molecule has 2 N–H and O–H groups in total. The predicted molar refractivity (Wildman–Crippen MR) is 107 cm³/mol. The standard InChI is InChI=1S/C18H15BrN2O3S2/c19-16-9-10-17(25-16)26(23,24)21-15-8-4-7-14(11-15)18(22)20-12-13-5-2-1-3-6-13/h1-11,21H,12H2,(H,20,22). The minimum absolute atomic E-state index is 0.198. The molecule has 3 rings (SSSR count). The summed E-state index contributed by atoms with van der Waals surface area (Å²) in [5, 5.41) is 2.82. The van der Waals surface area contributed by atoms with Crippen LogP contribution in [-0.2, 0) is 16.6 Å². The zero-order valence-electron chi connectivity index (χ0n) is 13.5. The van der Waals surface area contributed by atoms with Crippen LogP contribution in [0.3, 0.4) is 0 Å². The van der Waals surface area contributed by atoms with Crippen molar-refractivity contribution in [2.24, 2.45) is 0 Å². The van der Waals surface area contributed by atoms with Crippen LogP contribution in [0.15, 0.2) is 74.7 Å². The van der Waals surface area contributed by atoms with E-state index in [2.05, 4.69) is 26.0 Å². The summed E-state index contributed by atoms with van der Waals surface area (Å²) in [5.74, 6) is -0.270. The lowest BCUT2D eigenvalue weighted by Gasteiger charge is -2.09. The molecule has 2 aromatic carbocycles. The molecule has 8 heteroatoms. The first-order chi connectivity index (χ1) is 12.4. The highest BCUT2D eigenvalue weighted by molar-refractivity contribution is 9.11. The highest BCUT2D eigenvalue weighted by Crippen LogP contribution is 2.27. The van der Waals surface area contributed by atoms with E-state index in [1.807, 2.05) is 30.3 Å². The molecule has 0 aliphatic carbocycles. The van der Waals surface area contributed by atoms with E-state index in [0.717, 1.165) is 20.7 Å². The van der Waals surface area contributed by atoms with Crippen molar-refractivity contribution in [1.82, 2.24) is 5.32 Å². The normalized spacial score (nSPS) is 11.1. The monoisotopic (exact) mass is 450 g/mol. The zero-order chi connectivity index (χ0) is 18.6. The molecule has 0 unspecified atom stereocenters. The Kier molecular flexibility index (Phi) is 5.75. The summed E-state index contributed by atoms with van der Waals surface area (Å²) >= 11 is 4.37. The maximum atomic E-state index is 12.4. The van der Waals surface area contributed by atoms with Gasteiger partial charge in [-0.2, -0.15) is 0 Å². The Hall–Kier alpha value is -2.16. The third kappa shape index (κ3) is 4.72. The van der Waals surface area contributed by atoms with Gasteiger partial charge in [0.05, 0.1) is 3.79 Å². The third-order valence-electron chi connectivity index (χ3n) is 3.49. The van der Waals surface area contributed by atoms with Crippen LogP contribution in [-0.4, -0.2) is 14.3 Å². The zero-order valence-corrected chi connectivity index (χ0v) is 16.7. The van der Waals surface area contributed by atoms with Gasteiger partial charge in [-0.3, -0.25) is 9.52 Å². The smallest absolute Gasteiger partial charge is 0.271 e. The van der Waals surface area contributed by atoms with E-state index in [0.29, 0.717) is 17.8 Å². The Morgan fingerprint density at radius 3 is 2.46 bits per heavy atom. The van der Waals surface area contributed by atoms with Gasteiger partial charge in [0, 0.05) is 17.8 Å². The number of sulfonamides is 1. The van der Waals surface area contributed by atoms with Crippen molar-refractivity contribution in [3.05, 3.63) is 81.6 Å². The van der Waals surface area contributed by atoms with E-state index in [1.165, 1.54) is 12.1 Å². The molecule has 0 fully saturated rings. The number of thiophene rings is 1. The number of carbonyl (C=O) groups is 1. The van der Waals surface area contributed by atoms with Gasteiger partial charge in [-0.25, -0.2) is 8.42 Å². The molecule has 0 saturated carbocycles. The summed E-state index contributed by atoms with van der Waals surface area (Å²) in [5.41, 5.74) is 1.70. The van der Waals surface area contributed by atoms with Crippen LogP contribution in [0.1, 0.15) is 15.9 Å². The van der Waals surface area contributed by atoms with Crippen LogP contribution >= 0.6 is 27.3 Å². The van der Waals surface area contributed by atoms with Crippen LogP contribution in [0.5, 0.6) is 0 Å². The highest BCUT2D eigenvalue weighted by Gasteiger charge is 2.17. The summed E-state index contributed by atoms with van der Waals surface area (Å²) in [6, 6.07) is 19.1. The molecule has 0 radical (unpaired) electrons. The lowest BCUT2D eigenvalue weighted by atomic mass is 10.2. The van der Waals surface area contributed by atoms with E-state index < -0.39 is 10.0 Å². The predicted octanol–water partition coefficient (Wildman–Crippen LogP) is 4.24. The summed E-state index contributed by atoms with van der Waals surface area (Å²) in [6.45, 7) is 0.402. The first kappa shape index (κ1) is 18.6. The minimum Gasteiger partial charge on any atom is -0.348 e. The molecular formula is C18H15BrN2O3S2. The Morgan fingerprint density at radius 2 is 1.77 bits per heavy atom. The number of anilines is 1. The first-order valence-electron chi connectivity index (χ1n) is 7.64. The maximum Gasteiger partial charge on any atom is 0.271 e. The number of hydrogen-bond donors (Lipinski definition) is 2. The number of rotatable bonds is 6. The first-order valence-corrected chi connectivity index (χ1v) is 10.7. The fraction of sp³-hybridized carbons (Fsp3) is 0.0556. The second kappa shape index (κ2) is 8.03. The molecule has 1 amide bonds. The van der Waals surface area contributed by atoms with Crippen molar-refractivity contribution in [3.63, 3.8) is 0 Å². The van der Waals surface area contributed by atoms with Crippen molar-refractivity contribution in [2.75, 3.05) is 4.72 Å². The summed E-state index contributed by atoms with van der Waals surface area (Å²) in [6.07, 6.45) is 0. The van der Waals surface area contributed by atoms with Gasteiger partial charge in [0.2, 0.25) is 0 Å². The number of amides is 1. The van der Waals surface area contributed by atoms with Crippen molar-refractivity contribution in [3.8, 4) is 0 Å². The molecule has 134 valence electrons. The molecule has 1 heterocycles. The molecule has 3 aromatic rings. The van der Waals surface area contributed by atoms with Crippen molar-refractivity contribution in [1.29, 1.82) is 0 Å². The lowest BCUT2D eigenvalue weighted by Crippen LogP contribution is -2.23. The van der Waals surface area contributed by atoms with Gasteiger partial charge in [0.1, 0.15) is 4.21 Å². The molecule has 26 heavy (non-hydrogen) atoms. The summed E-state index contributed by atoms with van der Waals surface area (Å²) in [7, 11) is -3.68. The van der Waals surface area contributed by atoms with E-state index >= 15 is 0 Å². The van der Waals surface area contributed by atoms with E-state index in [-0.39, 0.29) is 10.1 Å². The van der Waals surface area contributed by atoms with E-state index in [1.54, 1.807) is 24.3 Å². The lowest BCUT2D eigenvalue weighted by molar-refractivity contribution is 0.0951. The third-order valence-corrected chi connectivity index (χ3v) is 6.98. The van der Waals surface area contributed by atoms with E-state index in [9.17, 15) is 13.2 Å². The van der Waals surface area contributed by atoms with Gasteiger partial charge in [-0.05, 0) is 51.8 Å². The number of hydrogen-bond acceptors (Lipinski definition) is 4. The van der Waals surface area contributed by atoms with Gasteiger partial charge in [0.25, 0.3) is 15.9 Å². The molecular weight excluding hydrogens is 436 g/mol. The van der Waals surface area contributed by atoms with Gasteiger partial charge in [-0.15, -0.1) is 11.3 Å². The second-order valence-electron chi connectivity index (χ2n) is 5.41. The number of benzene rings is 2. The fourth-order valence-corrected chi connectivity index (χ4v) is 5.31. The maximum absolute atomic E-state index is 12.4. The van der Waals surface area contributed by atoms with Crippen molar-refractivity contribution in [2.45, 2.75) is 10.8 Å². The average molecular weight is 451 g/mol. The van der Waals surface area contributed by atoms with Gasteiger partial charge >= 0.3 is 0 Å². The molecule has 0 bridgehead atoms. The minimum atomic E-state index is -3.68. The SMILES string of the molecule is O=C(NCc1ccccc1)c1cccc(NS(=O)(=O)c2ccc(Br)s2)c1. The van der Waals surface area contributed by atoms with Gasteiger partial charge in [-0.1, -0.05) is 36.4 Å². The van der Waals surface area contributed by atoms with Gasteiger partial charge < -0.3 is 5.32 Å². The summed E-state index contributed by atoms with van der Waals surface area (Å²) < 4.78 is 28.2. The molecule has 0 aliphatic rings. The quantitative estimate of drug-likeness (QED) is 0.589. The molecule has 0 aliphatic heterocycles. The number of halogens is 1. The molecule has 5 nitrogen and oxygen atoms in total. The molecule has 0 spiro atoms. The highest BCUT2D eigenvalue weighted by atomic mass is 79.9. The Bertz CT molecular complexity index is 1020. The second-order valence-corrected chi connectivity index (χ2v) is 9.79. The van der Waals surface area contributed by atoms with Crippen molar-refractivity contribution < 1.29 is 13.2 Å². The number of nitrogens with one attached hydrogen (secondary N) is 2. The van der Waals surface area contributed by atoms with Crippen LogP contribution in [0, 0.1) is 0 Å².